The van der Waals surface area contributed by atoms with E-state index in [1.807, 2.05) is 0 Å². The minimum absolute atomic E-state index is 0.0780. The second-order valence-corrected chi connectivity index (χ2v) is 5.43. The molecule has 16 heavy (non-hydrogen) atoms. The number of ether oxygens (including phenoxy) is 1. The van der Waals surface area contributed by atoms with Crippen molar-refractivity contribution in [3.05, 3.63) is 0 Å². The summed E-state index contributed by atoms with van der Waals surface area (Å²) in [5.41, 5.74) is 0.0780. The highest BCUT2D eigenvalue weighted by molar-refractivity contribution is 4.81. The number of likely N-dealkylation sites (tertiary alicyclic amines) is 1. The first kappa shape index (κ1) is 13.9. The van der Waals surface area contributed by atoms with Crippen molar-refractivity contribution in [1.82, 2.24) is 4.90 Å². The van der Waals surface area contributed by atoms with E-state index in [0.29, 0.717) is 12.7 Å². The van der Waals surface area contributed by atoms with Gasteiger partial charge in [-0.1, -0.05) is 20.3 Å². The maximum Gasteiger partial charge on any atom is 0.0595 e. The fourth-order valence-electron chi connectivity index (χ4n) is 2.65. The van der Waals surface area contributed by atoms with Crippen LogP contribution >= 0.6 is 0 Å². The Morgan fingerprint density at radius 3 is 2.44 bits per heavy atom. The highest BCUT2D eigenvalue weighted by Gasteiger charge is 2.28. The second-order valence-electron chi connectivity index (χ2n) is 5.43. The van der Waals surface area contributed by atoms with Crippen molar-refractivity contribution >= 4 is 0 Å². The third kappa shape index (κ3) is 4.04. The SMILES string of the molecule is CCCC(C)(CO)CN1CCC(OC)CC1. The number of nitrogens with zero attached hydrogens (tertiary/aromatic N) is 1. The van der Waals surface area contributed by atoms with Crippen molar-refractivity contribution in [2.45, 2.75) is 45.6 Å². The zero-order valence-corrected chi connectivity index (χ0v) is 11.0. The van der Waals surface area contributed by atoms with Crippen LogP contribution in [0.4, 0.5) is 0 Å². The summed E-state index contributed by atoms with van der Waals surface area (Å²) in [6.45, 7) is 7.92. The quantitative estimate of drug-likeness (QED) is 0.755. The fourth-order valence-corrected chi connectivity index (χ4v) is 2.65. The molecule has 3 nitrogen and oxygen atoms in total. The maximum absolute atomic E-state index is 9.49. The van der Waals surface area contributed by atoms with E-state index in [-0.39, 0.29) is 5.41 Å². The lowest BCUT2D eigenvalue weighted by Gasteiger charge is -2.38. The van der Waals surface area contributed by atoms with Crippen LogP contribution in [0.2, 0.25) is 0 Å². The topological polar surface area (TPSA) is 32.7 Å². The standard InChI is InChI=1S/C13H27NO2/c1-4-7-13(2,11-15)10-14-8-5-12(16-3)6-9-14/h12,15H,4-11H2,1-3H3. The molecule has 96 valence electrons. The summed E-state index contributed by atoms with van der Waals surface area (Å²) >= 11 is 0. The normalized spacial score (nSPS) is 23.2. The third-order valence-electron chi connectivity index (χ3n) is 3.71. The monoisotopic (exact) mass is 229 g/mol. The lowest BCUT2D eigenvalue weighted by atomic mass is 9.85. The van der Waals surface area contributed by atoms with E-state index in [1.165, 1.54) is 0 Å². The van der Waals surface area contributed by atoms with E-state index in [4.69, 9.17) is 4.74 Å². The first-order valence-corrected chi connectivity index (χ1v) is 6.49. The van der Waals surface area contributed by atoms with Crippen LogP contribution in [0.1, 0.15) is 39.5 Å². The van der Waals surface area contributed by atoms with Crippen LogP contribution in [0.5, 0.6) is 0 Å². The predicted molar refractivity (Wildman–Crippen MR) is 66.6 cm³/mol. The number of hydrogen-bond donors (Lipinski definition) is 1. The zero-order valence-electron chi connectivity index (χ0n) is 11.0. The van der Waals surface area contributed by atoms with Gasteiger partial charge in [-0.25, -0.2) is 0 Å². The molecule has 3 heteroatoms. The summed E-state index contributed by atoms with van der Waals surface area (Å²) in [6, 6.07) is 0. The number of aliphatic hydroxyl groups is 1. The Hall–Kier alpha value is -0.120. The molecule has 1 saturated heterocycles. The number of piperidine rings is 1. The molecule has 1 aliphatic rings. The fraction of sp³-hybridized carbons (Fsp3) is 1.00. The average molecular weight is 229 g/mol. The summed E-state index contributed by atoms with van der Waals surface area (Å²) in [4.78, 5) is 2.47. The van der Waals surface area contributed by atoms with Crippen LogP contribution in [0.15, 0.2) is 0 Å². The first-order valence-electron chi connectivity index (χ1n) is 6.49. The Morgan fingerprint density at radius 1 is 1.38 bits per heavy atom. The van der Waals surface area contributed by atoms with Gasteiger partial charge in [-0.05, 0) is 19.3 Å². The predicted octanol–water partition coefficient (Wildman–Crippen LogP) is 1.90. The van der Waals surface area contributed by atoms with Gasteiger partial charge in [0.25, 0.3) is 0 Å². The molecular formula is C13H27NO2. The van der Waals surface area contributed by atoms with Crippen molar-refractivity contribution < 1.29 is 9.84 Å². The molecule has 1 unspecified atom stereocenters. The number of aliphatic hydroxyl groups excluding tert-OH is 1. The van der Waals surface area contributed by atoms with Crippen molar-refractivity contribution in [1.29, 1.82) is 0 Å². The van der Waals surface area contributed by atoms with E-state index in [1.54, 1.807) is 7.11 Å². The molecule has 0 spiro atoms. The highest BCUT2D eigenvalue weighted by atomic mass is 16.5. The summed E-state index contributed by atoms with van der Waals surface area (Å²) < 4.78 is 5.37. The number of methoxy groups -OCH3 is 1. The summed E-state index contributed by atoms with van der Waals surface area (Å²) in [5, 5.41) is 9.49. The molecule has 1 fully saturated rings. The van der Waals surface area contributed by atoms with Crippen LogP contribution in [-0.4, -0.2) is 49.5 Å². The van der Waals surface area contributed by atoms with E-state index in [2.05, 4.69) is 18.7 Å². The van der Waals surface area contributed by atoms with Gasteiger partial charge < -0.3 is 14.7 Å². The Bertz CT molecular complexity index is 190. The molecule has 0 aromatic heterocycles. The van der Waals surface area contributed by atoms with Crippen LogP contribution in [0, 0.1) is 5.41 Å². The summed E-state index contributed by atoms with van der Waals surface area (Å²) in [7, 11) is 1.80. The molecular weight excluding hydrogens is 202 g/mol. The third-order valence-corrected chi connectivity index (χ3v) is 3.71. The van der Waals surface area contributed by atoms with Crippen molar-refractivity contribution in [2.75, 3.05) is 33.4 Å². The second kappa shape index (κ2) is 6.58. The minimum atomic E-state index is 0.0780. The van der Waals surface area contributed by atoms with E-state index in [0.717, 1.165) is 45.3 Å². The average Bonchev–Trinajstić information content (AvgIpc) is 2.30. The molecule has 0 aromatic carbocycles. The molecule has 1 heterocycles. The van der Waals surface area contributed by atoms with Gasteiger partial charge in [0.2, 0.25) is 0 Å². The van der Waals surface area contributed by atoms with Gasteiger partial charge in [-0.2, -0.15) is 0 Å². The molecule has 1 atom stereocenters. The lowest BCUT2D eigenvalue weighted by Crippen LogP contribution is -2.43. The van der Waals surface area contributed by atoms with Crippen molar-refractivity contribution in [3.8, 4) is 0 Å². The van der Waals surface area contributed by atoms with Gasteiger partial charge in [-0.3, -0.25) is 0 Å². The van der Waals surface area contributed by atoms with Crippen LogP contribution < -0.4 is 0 Å². The lowest BCUT2D eigenvalue weighted by molar-refractivity contribution is 0.0154. The molecule has 0 saturated carbocycles. The van der Waals surface area contributed by atoms with Gasteiger partial charge in [0, 0.05) is 38.8 Å². The Kier molecular flexibility index (Phi) is 5.73. The van der Waals surface area contributed by atoms with E-state index in [9.17, 15) is 5.11 Å². The van der Waals surface area contributed by atoms with E-state index < -0.39 is 0 Å². The summed E-state index contributed by atoms with van der Waals surface area (Å²) in [5.74, 6) is 0. The Morgan fingerprint density at radius 2 is 2.00 bits per heavy atom. The van der Waals surface area contributed by atoms with Crippen LogP contribution in [0.25, 0.3) is 0 Å². The molecule has 1 N–H and O–H groups in total. The van der Waals surface area contributed by atoms with Gasteiger partial charge in [0.15, 0.2) is 0 Å². The largest absolute Gasteiger partial charge is 0.396 e. The molecule has 0 bridgehead atoms. The first-order chi connectivity index (χ1) is 7.63. The minimum Gasteiger partial charge on any atom is -0.396 e. The van der Waals surface area contributed by atoms with Gasteiger partial charge in [0.05, 0.1) is 6.10 Å². The van der Waals surface area contributed by atoms with Crippen LogP contribution in [-0.2, 0) is 4.74 Å². The summed E-state index contributed by atoms with van der Waals surface area (Å²) in [6.07, 6.45) is 4.95. The Balaban J connectivity index is 2.36. The molecule has 0 amide bonds. The highest BCUT2D eigenvalue weighted by Crippen LogP contribution is 2.25. The molecule has 0 aliphatic carbocycles. The van der Waals surface area contributed by atoms with Crippen LogP contribution in [0.3, 0.4) is 0 Å². The molecule has 0 radical (unpaired) electrons. The van der Waals surface area contributed by atoms with Crippen molar-refractivity contribution in [2.24, 2.45) is 5.41 Å². The molecule has 1 rings (SSSR count). The van der Waals surface area contributed by atoms with Gasteiger partial charge >= 0.3 is 0 Å². The number of rotatable bonds is 6. The van der Waals surface area contributed by atoms with E-state index >= 15 is 0 Å². The molecule has 1 aliphatic heterocycles. The van der Waals surface area contributed by atoms with Gasteiger partial charge in [0.1, 0.15) is 0 Å². The van der Waals surface area contributed by atoms with Gasteiger partial charge in [-0.15, -0.1) is 0 Å². The number of hydrogen-bond acceptors (Lipinski definition) is 3. The maximum atomic E-state index is 9.49. The Labute approximate surface area is 99.8 Å². The molecule has 0 aromatic rings. The smallest absolute Gasteiger partial charge is 0.0595 e. The zero-order chi connectivity index (χ0) is 12.0. The van der Waals surface area contributed by atoms with Crippen molar-refractivity contribution in [3.63, 3.8) is 0 Å².